The van der Waals surface area contributed by atoms with Gasteiger partial charge in [0.05, 0.1) is 23.7 Å². The Labute approximate surface area is 113 Å². The number of carbonyl (C=O) groups is 3. The molecular weight excluding hydrogens is 264 g/mol. The minimum absolute atomic E-state index is 0.0131. The molecule has 8 nitrogen and oxygen atoms in total. The highest BCUT2D eigenvalue weighted by Gasteiger charge is 2.41. The molecule has 1 saturated heterocycles. The van der Waals surface area contributed by atoms with E-state index in [0.717, 1.165) is 4.90 Å². The molecule has 20 heavy (non-hydrogen) atoms. The quantitative estimate of drug-likeness (QED) is 0.610. The van der Waals surface area contributed by atoms with Crippen LogP contribution in [0, 0.1) is 0 Å². The first kappa shape index (κ1) is 12.7. The van der Waals surface area contributed by atoms with Gasteiger partial charge in [0.2, 0.25) is 11.8 Å². The summed E-state index contributed by atoms with van der Waals surface area (Å²) in [5.41, 5.74) is 0.650. The van der Waals surface area contributed by atoms with Crippen LogP contribution in [0.3, 0.4) is 0 Å². The third kappa shape index (κ3) is 1.94. The van der Waals surface area contributed by atoms with Crippen LogP contribution in [0.4, 0.5) is 0 Å². The summed E-state index contributed by atoms with van der Waals surface area (Å²) in [6, 6.07) is -0.749. The van der Waals surface area contributed by atoms with E-state index in [1.165, 1.54) is 12.5 Å². The summed E-state index contributed by atoms with van der Waals surface area (Å²) in [5, 5.41) is 12.2. The average molecular weight is 276 g/mol. The fraction of sp³-hybridized carbons (Fsp3) is 0.417. The van der Waals surface area contributed by atoms with Crippen LogP contribution in [-0.2, 0) is 16.0 Å². The van der Waals surface area contributed by atoms with E-state index in [4.69, 9.17) is 0 Å². The lowest BCUT2D eigenvalue weighted by atomic mass is 9.98. The summed E-state index contributed by atoms with van der Waals surface area (Å²) in [7, 11) is 0. The van der Waals surface area contributed by atoms with Crippen LogP contribution in [0.15, 0.2) is 12.5 Å². The van der Waals surface area contributed by atoms with Gasteiger partial charge in [0.15, 0.2) is 0 Å². The lowest BCUT2D eigenvalue weighted by Gasteiger charge is -2.38. The fourth-order valence-electron chi connectivity index (χ4n) is 2.52. The minimum Gasteiger partial charge on any atom is -0.372 e. The van der Waals surface area contributed by atoms with Crippen LogP contribution >= 0.6 is 0 Å². The van der Waals surface area contributed by atoms with Crippen LogP contribution < -0.4 is 5.32 Å². The number of rotatable bonds is 1. The van der Waals surface area contributed by atoms with E-state index in [9.17, 15) is 19.5 Å². The average Bonchev–Trinajstić information content (AvgIpc) is 2.41. The van der Waals surface area contributed by atoms with Gasteiger partial charge in [-0.25, -0.2) is 9.97 Å². The molecule has 2 N–H and O–H groups in total. The molecule has 1 fully saturated rings. The van der Waals surface area contributed by atoms with Gasteiger partial charge in [-0.1, -0.05) is 0 Å². The Kier molecular flexibility index (Phi) is 2.94. The third-order valence-electron chi connectivity index (χ3n) is 3.50. The van der Waals surface area contributed by atoms with Gasteiger partial charge >= 0.3 is 0 Å². The Morgan fingerprint density at radius 2 is 2.15 bits per heavy atom. The van der Waals surface area contributed by atoms with Gasteiger partial charge in [0, 0.05) is 12.6 Å². The molecule has 104 valence electrons. The molecule has 0 radical (unpaired) electrons. The predicted molar refractivity (Wildman–Crippen MR) is 64.1 cm³/mol. The van der Waals surface area contributed by atoms with E-state index in [1.54, 1.807) is 0 Å². The smallest absolute Gasteiger partial charge is 0.264 e. The second-order valence-electron chi connectivity index (χ2n) is 4.75. The second kappa shape index (κ2) is 4.64. The third-order valence-corrected chi connectivity index (χ3v) is 3.50. The molecule has 2 aliphatic heterocycles. The van der Waals surface area contributed by atoms with Gasteiger partial charge < -0.3 is 10.4 Å². The monoisotopic (exact) mass is 276 g/mol. The van der Waals surface area contributed by atoms with E-state index in [2.05, 4.69) is 15.3 Å². The Morgan fingerprint density at radius 1 is 1.35 bits per heavy atom. The first-order valence-electron chi connectivity index (χ1n) is 6.20. The molecule has 2 unspecified atom stereocenters. The summed E-state index contributed by atoms with van der Waals surface area (Å²) in [4.78, 5) is 44.4. The number of piperidine rings is 1. The summed E-state index contributed by atoms with van der Waals surface area (Å²) < 4.78 is 0. The van der Waals surface area contributed by atoms with E-state index in [-0.39, 0.29) is 30.7 Å². The minimum atomic E-state index is -1.24. The van der Waals surface area contributed by atoms with Crippen LogP contribution in [0.5, 0.6) is 0 Å². The molecule has 1 aromatic heterocycles. The largest absolute Gasteiger partial charge is 0.372 e. The van der Waals surface area contributed by atoms with Gasteiger partial charge in [-0.2, -0.15) is 0 Å². The van der Waals surface area contributed by atoms with E-state index < -0.39 is 24.1 Å². The first-order chi connectivity index (χ1) is 9.58. The van der Waals surface area contributed by atoms with Crippen LogP contribution in [0.1, 0.15) is 28.9 Å². The Hall–Kier alpha value is -2.35. The van der Waals surface area contributed by atoms with Gasteiger partial charge in [-0.05, 0) is 6.42 Å². The number of aliphatic hydroxyl groups is 1. The number of nitrogens with zero attached hydrogens (tertiary/aromatic N) is 3. The molecule has 2 aliphatic rings. The number of hydrogen-bond donors (Lipinski definition) is 2. The highest BCUT2D eigenvalue weighted by atomic mass is 16.3. The molecule has 8 heteroatoms. The highest BCUT2D eigenvalue weighted by molar-refractivity contribution is 6.09. The number of amides is 3. The van der Waals surface area contributed by atoms with Crippen molar-refractivity contribution in [3.05, 3.63) is 23.8 Å². The van der Waals surface area contributed by atoms with Crippen molar-refractivity contribution in [3.8, 4) is 0 Å². The van der Waals surface area contributed by atoms with Crippen LogP contribution in [0.25, 0.3) is 0 Å². The maximum Gasteiger partial charge on any atom is 0.264 e. The zero-order valence-electron chi connectivity index (χ0n) is 10.4. The zero-order chi connectivity index (χ0) is 14.3. The number of imide groups is 1. The molecule has 0 aromatic carbocycles. The number of aromatic nitrogens is 2. The van der Waals surface area contributed by atoms with E-state index in [1.807, 2.05) is 0 Å². The van der Waals surface area contributed by atoms with Crippen molar-refractivity contribution in [1.29, 1.82) is 0 Å². The van der Waals surface area contributed by atoms with Crippen molar-refractivity contribution in [3.63, 3.8) is 0 Å². The maximum absolute atomic E-state index is 12.4. The van der Waals surface area contributed by atoms with Crippen LogP contribution in [0.2, 0.25) is 0 Å². The molecule has 0 aliphatic carbocycles. The number of nitrogens with one attached hydrogen (secondary N) is 1. The number of fused-ring (bicyclic) bond motifs is 1. The van der Waals surface area contributed by atoms with Gasteiger partial charge in [-0.15, -0.1) is 0 Å². The first-order valence-corrected chi connectivity index (χ1v) is 6.20. The normalized spacial score (nSPS) is 26.2. The predicted octanol–water partition coefficient (Wildman–Crippen LogP) is -1.40. The molecule has 3 rings (SSSR count). The van der Waals surface area contributed by atoms with E-state index in [0.29, 0.717) is 5.69 Å². The molecule has 0 spiro atoms. The molecule has 3 heterocycles. The molecule has 3 amide bonds. The Balaban J connectivity index is 1.93. The van der Waals surface area contributed by atoms with Crippen molar-refractivity contribution in [1.82, 2.24) is 20.2 Å². The topological polar surface area (TPSA) is 112 Å². The summed E-state index contributed by atoms with van der Waals surface area (Å²) >= 11 is 0. The Bertz CT molecular complexity index is 603. The standard InChI is InChI=1S/C12H12N4O4/c17-9-2-1-8(11(19)15-9)16-10(18)3-7-6(12(16)20)4-13-5-14-7/h4-5,8,11,19H,1-3H2,(H,15,17). The van der Waals surface area contributed by atoms with Crippen molar-refractivity contribution in [2.75, 3.05) is 0 Å². The van der Waals surface area contributed by atoms with Crippen LogP contribution in [-0.4, -0.2) is 50.0 Å². The van der Waals surface area contributed by atoms with Crippen molar-refractivity contribution < 1.29 is 19.5 Å². The highest BCUT2D eigenvalue weighted by Crippen LogP contribution is 2.23. The maximum atomic E-state index is 12.4. The molecule has 0 bridgehead atoms. The fourth-order valence-corrected chi connectivity index (χ4v) is 2.52. The zero-order valence-corrected chi connectivity index (χ0v) is 10.4. The molecular formula is C12H12N4O4. The molecule has 2 atom stereocenters. The molecule has 0 saturated carbocycles. The van der Waals surface area contributed by atoms with Crippen molar-refractivity contribution >= 4 is 17.7 Å². The number of aliphatic hydroxyl groups excluding tert-OH is 1. The van der Waals surface area contributed by atoms with Gasteiger partial charge in [0.25, 0.3) is 5.91 Å². The lowest BCUT2D eigenvalue weighted by Crippen LogP contribution is -2.60. The lowest BCUT2D eigenvalue weighted by molar-refractivity contribution is -0.139. The summed E-state index contributed by atoms with van der Waals surface area (Å²) in [6.45, 7) is 0. The number of carbonyl (C=O) groups excluding carboxylic acids is 3. The summed E-state index contributed by atoms with van der Waals surface area (Å²) in [5.74, 6) is -1.26. The van der Waals surface area contributed by atoms with Gasteiger partial charge in [-0.3, -0.25) is 19.3 Å². The van der Waals surface area contributed by atoms with E-state index >= 15 is 0 Å². The number of hydrogen-bond acceptors (Lipinski definition) is 6. The molecule has 1 aromatic rings. The SMILES string of the molecule is O=C1CCC(N2C(=O)Cc3ncncc3C2=O)C(O)N1. The Morgan fingerprint density at radius 3 is 2.90 bits per heavy atom. The second-order valence-corrected chi connectivity index (χ2v) is 4.75. The summed E-state index contributed by atoms with van der Waals surface area (Å²) in [6.07, 6.45) is 1.80. The van der Waals surface area contributed by atoms with Crippen molar-refractivity contribution in [2.45, 2.75) is 31.5 Å². The van der Waals surface area contributed by atoms with Gasteiger partial charge in [0.1, 0.15) is 12.6 Å². The van der Waals surface area contributed by atoms with Crippen molar-refractivity contribution in [2.24, 2.45) is 0 Å².